The predicted octanol–water partition coefficient (Wildman–Crippen LogP) is 4.13. The molecule has 2 heterocycles. The van der Waals surface area contributed by atoms with E-state index in [0.29, 0.717) is 0 Å². The average molecular weight is 342 g/mol. The van der Waals surface area contributed by atoms with Crippen LogP contribution in [0.1, 0.15) is 12.8 Å². The molecule has 2 aromatic rings. The summed E-state index contributed by atoms with van der Waals surface area (Å²) in [5, 5.41) is 6.03. The molecule has 0 aliphatic carbocycles. The Kier molecular flexibility index (Phi) is 4.66. The highest BCUT2D eigenvalue weighted by Crippen LogP contribution is 2.25. The lowest BCUT2D eigenvalue weighted by atomic mass is 10.2. The van der Waals surface area contributed by atoms with Crippen LogP contribution in [0.5, 0.6) is 0 Å². The molecule has 0 fully saturated rings. The van der Waals surface area contributed by atoms with Crippen LogP contribution in [-0.2, 0) is 0 Å². The first-order chi connectivity index (χ1) is 8.81. The van der Waals surface area contributed by atoms with Gasteiger partial charge < -0.3 is 5.32 Å². The number of halogens is 2. The van der Waals surface area contributed by atoms with Crippen molar-refractivity contribution in [2.75, 3.05) is 11.9 Å². The minimum Gasteiger partial charge on any atom is -0.320 e. The van der Waals surface area contributed by atoms with Crippen LogP contribution >= 0.6 is 28.3 Å². The molecule has 1 aromatic carbocycles. The molecule has 1 aromatic heterocycles. The monoisotopic (exact) mass is 341 g/mol. The Morgan fingerprint density at radius 2 is 2.00 bits per heavy atom. The van der Waals surface area contributed by atoms with E-state index in [1.165, 1.54) is 23.5 Å². The number of hydrogen-bond acceptors (Lipinski definition) is 4. The number of nitrogens with zero attached hydrogens (tertiary/aromatic N) is 2. The minimum absolute atomic E-state index is 0. The van der Waals surface area contributed by atoms with E-state index >= 15 is 0 Å². The smallest absolute Gasteiger partial charge is 0.188 e. The summed E-state index contributed by atoms with van der Waals surface area (Å²) in [6, 6.07) is 6.37. The van der Waals surface area contributed by atoms with Crippen LogP contribution in [0.3, 0.4) is 0 Å². The molecule has 0 spiro atoms. The maximum absolute atomic E-state index is 12.8. The van der Waals surface area contributed by atoms with Crippen molar-refractivity contribution >= 4 is 39.3 Å². The Morgan fingerprint density at radius 1 is 1.21 bits per heavy atom. The lowest BCUT2D eigenvalue weighted by molar-refractivity contribution is 0.628. The van der Waals surface area contributed by atoms with Crippen molar-refractivity contribution in [3.63, 3.8) is 0 Å². The highest BCUT2D eigenvalue weighted by molar-refractivity contribution is 8.93. The van der Waals surface area contributed by atoms with Crippen molar-refractivity contribution in [2.45, 2.75) is 12.8 Å². The van der Waals surface area contributed by atoms with Crippen molar-refractivity contribution < 1.29 is 4.39 Å². The molecule has 19 heavy (non-hydrogen) atoms. The van der Waals surface area contributed by atoms with E-state index in [2.05, 4.69) is 15.3 Å². The van der Waals surface area contributed by atoms with Crippen LogP contribution in [0.4, 0.5) is 9.52 Å². The topological polar surface area (TPSA) is 37.3 Å². The van der Waals surface area contributed by atoms with Crippen LogP contribution < -0.4 is 5.32 Å². The number of amidine groups is 1. The second-order valence-electron chi connectivity index (χ2n) is 4.10. The second kappa shape index (κ2) is 6.25. The maximum Gasteiger partial charge on any atom is 0.188 e. The molecule has 3 nitrogen and oxygen atoms in total. The van der Waals surface area contributed by atoms with E-state index < -0.39 is 0 Å². The molecule has 6 heteroatoms. The van der Waals surface area contributed by atoms with Gasteiger partial charge in [-0.1, -0.05) is 0 Å². The van der Waals surface area contributed by atoms with Crippen LogP contribution in [0.15, 0.2) is 34.6 Å². The van der Waals surface area contributed by atoms with Gasteiger partial charge in [0.2, 0.25) is 0 Å². The van der Waals surface area contributed by atoms with Gasteiger partial charge in [0.25, 0.3) is 0 Å². The molecule has 0 unspecified atom stereocenters. The van der Waals surface area contributed by atoms with Crippen molar-refractivity contribution in [3.8, 4) is 11.3 Å². The number of benzene rings is 1. The van der Waals surface area contributed by atoms with Crippen LogP contribution in [0.2, 0.25) is 0 Å². The molecule has 0 saturated carbocycles. The number of rotatable bonds is 2. The molecule has 0 amide bonds. The largest absolute Gasteiger partial charge is 0.320 e. The summed E-state index contributed by atoms with van der Waals surface area (Å²) in [5.74, 6) is 0.780. The molecule has 1 aliphatic rings. The molecule has 0 saturated heterocycles. The number of aliphatic imine (C=N–C) groups is 1. The highest BCUT2D eigenvalue weighted by Gasteiger charge is 2.09. The minimum atomic E-state index is -0.229. The number of aromatic nitrogens is 1. The zero-order chi connectivity index (χ0) is 12.4. The molecule has 0 bridgehead atoms. The Hall–Kier alpha value is -1.27. The molecule has 0 radical (unpaired) electrons. The lowest BCUT2D eigenvalue weighted by Crippen LogP contribution is -2.07. The van der Waals surface area contributed by atoms with Gasteiger partial charge in [0, 0.05) is 23.9 Å². The van der Waals surface area contributed by atoms with Gasteiger partial charge in [-0.2, -0.15) is 0 Å². The summed E-state index contributed by atoms with van der Waals surface area (Å²) in [4.78, 5) is 8.82. The Bertz CT molecular complexity index is 580. The quantitative estimate of drug-likeness (QED) is 0.891. The van der Waals surface area contributed by atoms with Gasteiger partial charge >= 0.3 is 0 Å². The van der Waals surface area contributed by atoms with Crippen molar-refractivity contribution in [1.29, 1.82) is 0 Å². The summed E-state index contributed by atoms with van der Waals surface area (Å²) < 4.78 is 12.8. The number of hydrogen-bond donors (Lipinski definition) is 1. The highest BCUT2D eigenvalue weighted by atomic mass is 79.9. The number of anilines is 1. The average Bonchev–Trinajstić information content (AvgIpc) is 3.02. The van der Waals surface area contributed by atoms with Gasteiger partial charge in [-0.25, -0.2) is 9.37 Å². The zero-order valence-electron chi connectivity index (χ0n) is 10.1. The van der Waals surface area contributed by atoms with E-state index in [-0.39, 0.29) is 22.8 Å². The normalized spacial score (nSPS) is 13.8. The summed E-state index contributed by atoms with van der Waals surface area (Å²) in [5.41, 5.74) is 1.79. The summed E-state index contributed by atoms with van der Waals surface area (Å²) >= 11 is 1.54. The Balaban J connectivity index is 0.00000133. The summed E-state index contributed by atoms with van der Waals surface area (Å²) in [6.07, 6.45) is 2.10. The van der Waals surface area contributed by atoms with Gasteiger partial charge in [-0.05, 0) is 30.7 Å². The number of nitrogens with one attached hydrogen (secondary N) is 1. The molecule has 0 atom stereocenters. The number of thiazole rings is 1. The predicted molar refractivity (Wildman–Crippen MR) is 83.0 cm³/mol. The molecular weight excluding hydrogens is 329 g/mol. The van der Waals surface area contributed by atoms with Crippen LogP contribution in [0.25, 0.3) is 11.3 Å². The summed E-state index contributed by atoms with van der Waals surface area (Å²) in [7, 11) is 0. The van der Waals surface area contributed by atoms with Gasteiger partial charge in [0.1, 0.15) is 11.7 Å². The molecule has 1 aliphatic heterocycles. The van der Waals surface area contributed by atoms with Crippen molar-refractivity contribution in [1.82, 2.24) is 4.98 Å². The maximum atomic E-state index is 12.8. The van der Waals surface area contributed by atoms with Crippen LogP contribution in [-0.4, -0.2) is 17.4 Å². The third kappa shape index (κ3) is 3.39. The van der Waals surface area contributed by atoms with Crippen molar-refractivity contribution in [2.24, 2.45) is 4.99 Å². The second-order valence-corrected chi connectivity index (χ2v) is 4.96. The van der Waals surface area contributed by atoms with E-state index in [1.807, 2.05) is 5.38 Å². The van der Waals surface area contributed by atoms with E-state index in [0.717, 1.165) is 41.6 Å². The molecule has 100 valence electrons. The lowest BCUT2D eigenvalue weighted by Gasteiger charge is -2.00. The van der Waals surface area contributed by atoms with E-state index in [1.54, 1.807) is 12.1 Å². The first kappa shape index (κ1) is 14.1. The first-order valence-electron chi connectivity index (χ1n) is 5.83. The van der Waals surface area contributed by atoms with Crippen LogP contribution in [0, 0.1) is 5.82 Å². The fourth-order valence-corrected chi connectivity index (χ4v) is 2.59. The summed E-state index contributed by atoms with van der Waals surface area (Å²) in [6.45, 7) is 0.901. The third-order valence-corrected chi connectivity index (χ3v) is 3.53. The fraction of sp³-hybridized carbons (Fsp3) is 0.231. The standard InChI is InChI=1S/C13H12FN3S.BrH/c14-10-5-3-9(4-6-10)11-8-18-13(16-11)17-12-2-1-7-15-12;/h3-6,8H,1-2,7H2,(H,15,16,17);1H. The molecule has 1 N–H and O–H groups in total. The van der Waals surface area contributed by atoms with Gasteiger partial charge in [0.15, 0.2) is 5.13 Å². The van der Waals surface area contributed by atoms with Gasteiger partial charge in [-0.3, -0.25) is 4.99 Å². The SMILES string of the molecule is Br.Fc1ccc(-c2csc(NC3=NCCC3)n2)cc1. The van der Waals surface area contributed by atoms with Gasteiger partial charge in [0.05, 0.1) is 5.69 Å². The Labute approximate surface area is 125 Å². The third-order valence-electron chi connectivity index (χ3n) is 2.77. The van der Waals surface area contributed by atoms with Gasteiger partial charge in [-0.15, -0.1) is 28.3 Å². The van der Waals surface area contributed by atoms with E-state index in [4.69, 9.17) is 0 Å². The first-order valence-corrected chi connectivity index (χ1v) is 6.71. The Morgan fingerprint density at radius 3 is 2.68 bits per heavy atom. The zero-order valence-corrected chi connectivity index (χ0v) is 12.6. The fourth-order valence-electron chi connectivity index (χ4n) is 1.85. The van der Waals surface area contributed by atoms with E-state index in [9.17, 15) is 4.39 Å². The molecular formula is C13H13BrFN3S. The molecule has 3 rings (SSSR count). The van der Waals surface area contributed by atoms with Crippen molar-refractivity contribution in [3.05, 3.63) is 35.5 Å².